The monoisotopic (exact) mass is 699 g/mol. The van der Waals surface area contributed by atoms with Crippen LogP contribution in [-0.4, -0.2) is 110 Å². The number of allylic oxidation sites excluding steroid dienone is 6. The summed E-state index contributed by atoms with van der Waals surface area (Å²) in [5, 5.41) is 9.02. The van der Waals surface area contributed by atoms with Crippen LogP contribution in [0.2, 0.25) is 0 Å². The quantitative estimate of drug-likeness (QED) is 0.196. The lowest BCUT2D eigenvalue weighted by Crippen LogP contribution is -2.61. The molecule has 0 saturated carbocycles. The largest absolute Gasteiger partial charge is 0.379 e. The molecule has 0 unspecified atom stereocenters. The van der Waals surface area contributed by atoms with Gasteiger partial charge in [0, 0.05) is 33.4 Å². The molecule has 0 radical (unpaired) electrons. The maximum atomic E-state index is 14.1. The number of carbonyl (C=O) groups is 4. The topological polar surface area (TPSA) is 129 Å². The van der Waals surface area contributed by atoms with E-state index in [0.717, 1.165) is 38.6 Å². The fraction of sp³-hybridized carbons (Fsp3) is 0.744. The van der Waals surface area contributed by atoms with Crippen molar-refractivity contribution < 1.29 is 28.7 Å². The standard InChI is InChI=1S/C39H65N5O6/c1-10-27(4)34(43(7)33(26(2)3)37(47)42-38(48)39(6)21-16-22-41-39)31(49-8)25-32(45)44-24-15-19-30(44)35(50-9)28(5)36(46)40-23-20-29-17-13-11-12-14-18-29/h11-14,17-18,26-31,33-35,41H,10,15-16,19-25H2,1-9H3,(H,40,46)(H,42,47,48)/t27-,28+,30-,31+,33-,34-,35+,39-/m0/s1. The molecule has 4 amide bonds. The van der Waals surface area contributed by atoms with Gasteiger partial charge in [0.2, 0.25) is 23.6 Å². The highest BCUT2D eigenvalue weighted by Crippen LogP contribution is 2.30. The van der Waals surface area contributed by atoms with E-state index >= 15 is 0 Å². The van der Waals surface area contributed by atoms with Gasteiger partial charge in [-0.1, -0.05) is 77.5 Å². The second-order valence-corrected chi connectivity index (χ2v) is 15.1. The van der Waals surface area contributed by atoms with Gasteiger partial charge in [0.25, 0.3) is 0 Å². The van der Waals surface area contributed by atoms with E-state index < -0.39 is 29.7 Å². The SMILES string of the molecule is CC[C@H](C)[C@@H]([C@@H](CC(=O)N1CCC[C@H]1[C@H](OC)[C@@H](C)C(=O)NCCC1C=CC=CC=C1)OC)N(C)[C@H](C(=O)NC(=O)[C@]1(C)CCCN1)C(C)C. The summed E-state index contributed by atoms with van der Waals surface area (Å²) in [6, 6.07) is -1.13. The van der Waals surface area contributed by atoms with Crippen molar-refractivity contribution in [1.82, 2.24) is 25.8 Å². The maximum absolute atomic E-state index is 14.1. The number of hydrogen-bond donors (Lipinski definition) is 3. The molecule has 11 nitrogen and oxygen atoms in total. The molecule has 2 fully saturated rings. The Labute approximate surface area is 301 Å². The number of nitrogens with one attached hydrogen (secondary N) is 3. The number of carbonyl (C=O) groups excluding carboxylic acids is 4. The van der Waals surface area contributed by atoms with E-state index in [0.29, 0.717) is 19.5 Å². The average Bonchev–Trinajstić information content (AvgIpc) is 3.68. The Hall–Kier alpha value is -2.86. The third kappa shape index (κ3) is 10.6. The maximum Gasteiger partial charge on any atom is 0.246 e. The van der Waals surface area contributed by atoms with Crippen LogP contribution in [0.1, 0.15) is 86.5 Å². The van der Waals surface area contributed by atoms with E-state index in [-0.39, 0.29) is 59.9 Å². The molecule has 2 saturated heterocycles. The zero-order valence-electron chi connectivity index (χ0n) is 32.1. The molecule has 0 aromatic heterocycles. The number of ether oxygens (including phenoxy) is 2. The highest BCUT2D eigenvalue weighted by atomic mass is 16.5. The van der Waals surface area contributed by atoms with Gasteiger partial charge in [-0.3, -0.25) is 29.4 Å². The number of methoxy groups -OCH3 is 2. The number of rotatable bonds is 18. The molecule has 282 valence electrons. The molecule has 2 heterocycles. The molecule has 2 aliphatic heterocycles. The van der Waals surface area contributed by atoms with Crippen LogP contribution in [0.15, 0.2) is 36.5 Å². The summed E-state index contributed by atoms with van der Waals surface area (Å²) in [7, 11) is 5.13. The predicted molar refractivity (Wildman–Crippen MR) is 197 cm³/mol. The number of imide groups is 1. The first-order valence-electron chi connectivity index (χ1n) is 18.8. The van der Waals surface area contributed by atoms with Gasteiger partial charge in [-0.05, 0) is 70.4 Å². The molecule has 50 heavy (non-hydrogen) atoms. The summed E-state index contributed by atoms with van der Waals surface area (Å²) in [5.41, 5.74) is -0.764. The van der Waals surface area contributed by atoms with Crippen LogP contribution in [0.25, 0.3) is 0 Å². The predicted octanol–water partition coefficient (Wildman–Crippen LogP) is 3.99. The van der Waals surface area contributed by atoms with Crippen LogP contribution in [0.4, 0.5) is 0 Å². The van der Waals surface area contributed by atoms with Crippen LogP contribution < -0.4 is 16.0 Å². The Balaban J connectivity index is 1.71. The fourth-order valence-corrected chi connectivity index (χ4v) is 8.07. The van der Waals surface area contributed by atoms with Gasteiger partial charge in [-0.15, -0.1) is 0 Å². The lowest BCUT2D eigenvalue weighted by molar-refractivity contribution is -0.144. The van der Waals surface area contributed by atoms with Crippen molar-refractivity contribution >= 4 is 23.6 Å². The molecule has 8 atom stereocenters. The van der Waals surface area contributed by atoms with Crippen molar-refractivity contribution in [3.8, 4) is 0 Å². The Morgan fingerprint density at radius 3 is 2.24 bits per heavy atom. The molecule has 0 bridgehead atoms. The lowest BCUT2D eigenvalue weighted by atomic mass is 9.87. The molecular formula is C39H65N5O6. The van der Waals surface area contributed by atoms with Gasteiger partial charge < -0.3 is 25.0 Å². The summed E-state index contributed by atoms with van der Waals surface area (Å²) < 4.78 is 12.0. The van der Waals surface area contributed by atoms with Crippen molar-refractivity contribution in [1.29, 1.82) is 0 Å². The number of likely N-dealkylation sites (tertiary alicyclic amines) is 1. The second kappa shape index (κ2) is 19.7. The smallest absolute Gasteiger partial charge is 0.246 e. The summed E-state index contributed by atoms with van der Waals surface area (Å²) in [5.74, 6) is -0.999. The zero-order valence-corrected chi connectivity index (χ0v) is 32.1. The van der Waals surface area contributed by atoms with Crippen molar-refractivity contribution in [3.63, 3.8) is 0 Å². The van der Waals surface area contributed by atoms with Crippen molar-refractivity contribution in [2.45, 2.75) is 122 Å². The van der Waals surface area contributed by atoms with Crippen LogP contribution in [0.3, 0.4) is 0 Å². The van der Waals surface area contributed by atoms with Gasteiger partial charge in [0.05, 0.1) is 42.2 Å². The minimum absolute atomic E-state index is 0.0581. The highest BCUT2D eigenvalue weighted by Gasteiger charge is 2.44. The molecule has 11 heteroatoms. The highest BCUT2D eigenvalue weighted by molar-refractivity contribution is 6.02. The molecule has 3 rings (SSSR count). The minimum Gasteiger partial charge on any atom is -0.379 e. The number of nitrogens with zero attached hydrogens (tertiary/aromatic N) is 2. The Bertz CT molecular complexity index is 1210. The number of likely N-dealkylation sites (N-methyl/N-ethyl adjacent to an activating group) is 1. The average molecular weight is 700 g/mol. The normalized spacial score (nSPS) is 24.5. The first-order chi connectivity index (χ1) is 23.8. The van der Waals surface area contributed by atoms with E-state index in [1.165, 1.54) is 0 Å². The number of hydrogen-bond acceptors (Lipinski definition) is 8. The lowest BCUT2D eigenvalue weighted by Gasteiger charge is -2.43. The number of amides is 4. The molecule has 1 aliphatic carbocycles. The Kier molecular flexibility index (Phi) is 16.3. The Morgan fingerprint density at radius 2 is 1.68 bits per heavy atom. The van der Waals surface area contributed by atoms with Crippen LogP contribution in [0.5, 0.6) is 0 Å². The van der Waals surface area contributed by atoms with Crippen molar-refractivity contribution in [3.05, 3.63) is 36.5 Å². The first kappa shape index (κ1) is 41.6. The molecule has 3 aliphatic rings. The first-order valence-corrected chi connectivity index (χ1v) is 18.8. The van der Waals surface area contributed by atoms with Crippen LogP contribution >= 0.6 is 0 Å². The van der Waals surface area contributed by atoms with Crippen LogP contribution in [0, 0.1) is 23.7 Å². The minimum atomic E-state index is -0.764. The van der Waals surface area contributed by atoms with Crippen molar-refractivity contribution in [2.24, 2.45) is 23.7 Å². The van der Waals surface area contributed by atoms with Gasteiger partial charge in [0.15, 0.2) is 0 Å². The molecular weight excluding hydrogens is 634 g/mol. The van der Waals surface area contributed by atoms with Gasteiger partial charge in [-0.2, -0.15) is 0 Å². The summed E-state index contributed by atoms with van der Waals surface area (Å²) >= 11 is 0. The van der Waals surface area contributed by atoms with Gasteiger partial charge in [-0.25, -0.2) is 0 Å². The summed E-state index contributed by atoms with van der Waals surface area (Å²) in [4.78, 5) is 58.2. The molecule has 0 aromatic carbocycles. The van der Waals surface area contributed by atoms with E-state index in [1.54, 1.807) is 14.2 Å². The fourth-order valence-electron chi connectivity index (χ4n) is 8.07. The third-order valence-electron chi connectivity index (χ3n) is 11.2. The van der Waals surface area contributed by atoms with Crippen LogP contribution in [-0.2, 0) is 28.7 Å². The van der Waals surface area contributed by atoms with E-state index in [4.69, 9.17) is 9.47 Å². The Morgan fingerprint density at radius 1 is 1.00 bits per heavy atom. The van der Waals surface area contributed by atoms with E-state index in [1.807, 2.05) is 68.8 Å². The molecule has 0 spiro atoms. The van der Waals surface area contributed by atoms with Gasteiger partial charge in [0.1, 0.15) is 0 Å². The molecule has 0 aromatic rings. The third-order valence-corrected chi connectivity index (χ3v) is 11.2. The summed E-state index contributed by atoms with van der Waals surface area (Å²) in [6.07, 6.45) is 16.2. The van der Waals surface area contributed by atoms with Crippen molar-refractivity contribution in [2.75, 3.05) is 40.9 Å². The molecule has 3 N–H and O–H groups in total. The zero-order chi connectivity index (χ0) is 37.0. The second-order valence-electron chi connectivity index (χ2n) is 15.1. The summed E-state index contributed by atoms with van der Waals surface area (Å²) in [6.45, 7) is 13.7. The van der Waals surface area contributed by atoms with E-state index in [9.17, 15) is 19.2 Å². The van der Waals surface area contributed by atoms with E-state index in [2.05, 4.69) is 41.9 Å². The van der Waals surface area contributed by atoms with Gasteiger partial charge >= 0.3 is 0 Å².